The molecule has 0 aromatic carbocycles. The van der Waals surface area contributed by atoms with E-state index in [2.05, 4.69) is 4.74 Å². The van der Waals surface area contributed by atoms with E-state index in [4.69, 9.17) is 9.47 Å². The van der Waals surface area contributed by atoms with E-state index in [0.29, 0.717) is 13.0 Å². The standard InChI is InChI=1S/C17H28FNO5/c1-7-22-14(20)13(18)10-8-9-12-11-23-17(5,6)19(12)15(21)24-16(2,3)4/h10,12H,7-9,11H2,1-6H3/t12-/m0/s1. The van der Waals surface area contributed by atoms with Crippen molar-refractivity contribution in [2.75, 3.05) is 13.2 Å². The molecule has 0 aliphatic carbocycles. The summed E-state index contributed by atoms with van der Waals surface area (Å²) in [6.07, 6.45) is 1.45. The molecule has 138 valence electrons. The van der Waals surface area contributed by atoms with E-state index in [1.807, 2.05) is 0 Å². The smallest absolute Gasteiger partial charge is 0.412 e. The molecular weight excluding hydrogens is 317 g/mol. The number of rotatable bonds is 5. The van der Waals surface area contributed by atoms with Gasteiger partial charge in [-0.3, -0.25) is 4.90 Å². The number of allylic oxidation sites excluding steroid dienone is 1. The van der Waals surface area contributed by atoms with E-state index < -0.39 is 29.2 Å². The van der Waals surface area contributed by atoms with Crippen molar-refractivity contribution >= 4 is 12.1 Å². The molecule has 1 fully saturated rings. The second kappa shape index (κ2) is 7.96. The highest BCUT2D eigenvalue weighted by atomic mass is 19.1. The molecule has 7 heteroatoms. The van der Waals surface area contributed by atoms with Crippen molar-refractivity contribution in [3.8, 4) is 0 Å². The second-order valence-corrected chi connectivity index (χ2v) is 7.11. The van der Waals surface area contributed by atoms with Crippen molar-refractivity contribution in [2.45, 2.75) is 71.8 Å². The van der Waals surface area contributed by atoms with Crippen LogP contribution in [-0.4, -0.2) is 47.5 Å². The SMILES string of the molecule is CCOC(=O)C(F)=CCC[C@H]1COC(C)(C)N1C(=O)OC(C)(C)C. The fourth-order valence-electron chi connectivity index (χ4n) is 2.46. The van der Waals surface area contributed by atoms with Crippen molar-refractivity contribution in [3.05, 3.63) is 11.9 Å². The number of hydrogen-bond acceptors (Lipinski definition) is 5. The van der Waals surface area contributed by atoms with Gasteiger partial charge in [0.05, 0.1) is 19.3 Å². The van der Waals surface area contributed by atoms with Crippen LogP contribution in [0.4, 0.5) is 9.18 Å². The number of amides is 1. The number of nitrogens with zero attached hydrogens (tertiary/aromatic N) is 1. The predicted octanol–water partition coefficient (Wildman–Crippen LogP) is 3.56. The molecular formula is C17H28FNO5. The van der Waals surface area contributed by atoms with Crippen LogP contribution in [0.5, 0.6) is 0 Å². The van der Waals surface area contributed by atoms with Crippen molar-refractivity contribution in [2.24, 2.45) is 0 Å². The number of halogens is 1. The topological polar surface area (TPSA) is 65.1 Å². The summed E-state index contributed by atoms with van der Waals surface area (Å²) >= 11 is 0. The van der Waals surface area contributed by atoms with Crippen LogP contribution in [0.15, 0.2) is 11.9 Å². The van der Waals surface area contributed by atoms with Crippen molar-refractivity contribution < 1.29 is 28.2 Å². The Bertz CT molecular complexity index is 496. The Morgan fingerprint density at radius 3 is 2.54 bits per heavy atom. The first-order valence-electron chi connectivity index (χ1n) is 8.17. The highest BCUT2D eigenvalue weighted by Gasteiger charge is 2.45. The van der Waals surface area contributed by atoms with E-state index in [1.54, 1.807) is 41.5 Å². The Hall–Kier alpha value is -1.63. The molecule has 1 rings (SSSR count). The summed E-state index contributed by atoms with van der Waals surface area (Å²) in [6.45, 7) is 11.0. The van der Waals surface area contributed by atoms with Crippen LogP contribution in [0.2, 0.25) is 0 Å². The minimum absolute atomic E-state index is 0.122. The van der Waals surface area contributed by atoms with Gasteiger partial charge in [0.1, 0.15) is 11.3 Å². The fraction of sp³-hybridized carbons (Fsp3) is 0.765. The van der Waals surface area contributed by atoms with Gasteiger partial charge >= 0.3 is 12.1 Å². The molecule has 1 aliphatic rings. The molecule has 0 aromatic rings. The maximum Gasteiger partial charge on any atom is 0.412 e. The van der Waals surface area contributed by atoms with Gasteiger partial charge < -0.3 is 14.2 Å². The monoisotopic (exact) mass is 345 g/mol. The molecule has 0 spiro atoms. The molecule has 1 atom stereocenters. The lowest BCUT2D eigenvalue weighted by Crippen LogP contribution is -2.49. The molecule has 0 N–H and O–H groups in total. The van der Waals surface area contributed by atoms with Crippen molar-refractivity contribution in [1.82, 2.24) is 4.90 Å². The highest BCUT2D eigenvalue weighted by Crippen LogP contribution is 2.31. The van der Waals surface area contributed by atoms with Gasteiger partial charge in [-0.2, -0.15) is 4.39 Å². The number of carbonyl (C=O) groups excluding carboxylic acids is 2. The second-order valence-electron chi connectivity index (χ2n) is 7.11. The summed E-state index contributed by atoms with van der Waals surface area (Å²) in [6, 6.07) is -0.249. The number of esters is 1. The molecule has 1 aliphatic heterocycles. The molecule has 24 heavy (non-hydrogen) atoms. The normalized spacial score (nSPS) is 20.9. The average Bonchev–Trinajstić information content (AvgIpc) is 2.72. The molecule has 0 unspecified atom stereocenters. The fourth-order valence-corrected chi connectivity index (χ4v) is 2.46. The molecule has 0 radical (unpaired) electrons. The summed E-state index contributed by atoms with van der Waals surface area (Å²) in [7, 11) is 0. The Morgan fingerprint density at radius 2 is 2.00 bits per heavy atom. The molecule has 0 bridgehead atoms. The molecule has 1 heterocycles. The van der Waals surface area contributed by atoms with Gasteiger partial charge in [-0.25, -0.2) is 9.59 Å². The Morgan fingerprint density at radius 1 is 1.38 bits per heavy atom. The van der Waals surface area contributed by atoms with Crippen LogP contribution >= 0.6 is 0 Å². The van der Waals surface area contributed by atoms with E-state index in [1.165, 1.54) is 11.0 Å². The zero-order chi connectivity index (χ0) is 18.5. The minimum Gasteiger partial charge on any atom is -0.461 e. The maximum atomic E-state index is 13.5. The molecule has 6 nitrogen and oxygen atoms in total. The van der Waals surface area contributed by atoms with E-state index >= 15 is 0 Å². The number of hydrogen-bond donors (Lipinski definition) is 0. The molecule has 0 saturated carbocycles. The Kier molecular flexibility index (Phi) is 6.77. The van der Waals surface area contributed by atoms with Crippen LogP contribution in [0.3, 0.4) is 0 Å². The number of ether oxygens (including phenoxy) is 3. The van der Waals surface area contributed by atoms with E-state index in [9.17, 15) is 14.0 Å². The van der Waals surface area contributed by atoms with Crippen LogP contribution in [0.1, 0.15) is 54.4 Å². The summed E-state index contributed by atoms with van der Waals surface area (Å²) in [5, 5.41) is 0. The Balaban J connectivity index is 2.71. The van der Waals surface area contributed by atoms with Gasteiger partial charge in [-0.05, 0) is 60.5 Å². The van der Waals surface area contributed by atoms with Gasteiger partial charge in [0.2, 0.25) is 5.83 Å². The van der Waals surface area contributed by atoms with Crippen LogP contribution in [0.25, 0.3) is 0 Å². The van der Waals surface area contributed by atoms with Gasteiger partial charge in [-0.1, -0.05) is 0 Å². The maximum absolute atomic E-state index is 13.5. The Labute approximate surface area is 142 Å². The predicted molar refractivity (Wildman–Crippen MR) is 87.0 cm³/mol. The van der Waals surface area contributed by atoms with Gasteiger partial charge in [-0.15, -0.1) is 0 Å². The summed E-state index contributed by atoms with van der Waals surface area (Å²) in [5.74, 6) is -1.89. The first-order valence-corrected chi connectivity index (χ1v) is 8.17. The zero-order valence-corrected chi connectivity index (χ0v) is 15.3. The molecule has 1 amide bonds. The lowest BCUT2D eigenvalue weighted by molar-refractivity contribution is -0.140. The quantitative estimate of drug-likeness (QED) is 0.563. The van der Waals surface area contributed by atoms with Gasteiger partial charge in [0.15, 0.2) is 0 Å². The zero-order valence-electron chi connectivity index (χ0n) is 15.3. The van der Waals surface area contributed by atoms with Crippen molar-refractivity contribution in [3.63, 3.8) is 0 Å². The first kappa shape index (κ1) is 20.4. The van der Waals surface area contributed by atoms with Gasteiger partial charge in [0, 0.05) is 0 Å². The highest BCUT2D eigenvalue weighted by molar-refractivity contribution is 5.85. The minimum atomic E-state index is -0.968. The molecule has 0 aromatic heterocycles. The number of carbonyl (C=O) groups is 2. The largest absolute Gasteiger partial charge is 0.461 e. The lowest BCUT2D eigenvalue weighted by atomic mass is 10.1. The summed E-state index contributed by atoms with van der Waals surface area (Å²) in [5.41, 5.74) is -1.41. The summed E-state index contributed by atoms with van der Waals surface area (Å²) < 4.78 is 29.2. The molecule has 1 saturated heterocycles. The third-order valence-corrected chi connectivity index (χ3v) is 3.46. The van der Waals surface area contributed by atoms with Crippen LogP contribution < -0.4 is 0 Å². The lowest BCUT2D eigenvalue weighted by Gasteiger charge is -2.35. The summed E-state index contributed by atoms with van der Waals surface area (Å²) in [4.78, 5) is 25.2. The third kappa shape index (κ3) is 5.78. The van der Waals surface area contributed by atoms with Crippen LogP contribution in [0, 0.1) is 0 Å². The van der Waals surface area contributed by atoms with E-state index in [-0.39, 0.29) is 19.1 Å². The first-order chi connectivity index (χ1) is 11.0. The average molecular weight is 345 g/mol. The van der Waals surface area contributed by atoms with Crippen molar-refractivity contribution in [1.29, 1.82) is 0 Å². The van der Waals surface area contributed by atoms with Gasteiger partial charge in [0.25, 0.3) is 0 Å². The van der Waals surface area contributed by atoms with Crippen LogP contribution in [-0.2, 0) is 19.0 Å². The van der Waals surface area contributed by atoms with E-state index in [0.717, 1.165) is 0 Å². The third-order valence-electron chi connectivity index (χ3n) is 3.46.